The highest BCUT2D eigenvalue weighted by atomic mass is 19.3. The fourth-order valence-corrected chi connectivity index (χ4v) is 1.86. The van der Waals surface area contributed by atoms with Crippen LogP contribution in [-0.4, -0.2) is 22.0 Å². The SMILES string of the molecule is OCc1cccc2c1ccn2CC(F)(F)C(F)F. The number of aromatic nitrogens is 1. The molecule has 0 aliphatic heterocycles. The Bertz CT molecular complexity index is 550. The van der Waals surface area contributed by atoms with Crippen LogP contribution in [0.25, 0.3) is 10.9 Å². The van der Waals surface area contributed by atoms with Crippen LogP contribution in [0.1, 0.15) is 5.56 Å². The summed E-state index contributed by atoms with van der Waals surface area (Å²) in [7, 11) is 0. The van der Waals surface area contributed by atoms with Gasteiger partial charge in [-0.05, 0) is 17.7 Å². The van der Waals surface area contributed by atoms with Gasteiger partial charge in [-0.1, -0.05) is 12.1 Å². The molecule has 6 heteroatoms. The zero-order chi connectivity index (χ0) is 13.3. The highest BCUT2D eigenvalue weighted by molar-refractivity contribution is 5.83. The van der Waals surface area contributed by atoms with Gasteiger partial charge < -0.3 is 9.67 Å². The van der Waals surface area contributed by atoms with Gasteiger partial charge in [0.05, 0.1) is 13.2 Å². The van der Waals surface area contributed by atoms with Crippen molar-refractivity contribution in [2.75, 3.05) is 0 Å². The molecule has 0 radical (unpaired) electrons. The van der Waals surface area contributed by atoms with Gasteiger partial charge in [-0.15, -0.1) is 0 Å². The van der Waals surface area contributed by atoms with Gasteiger partial charge in [0.15, 0.2) is 0 Å². The summed E-state index contributed by atoms with van der Waals surface area (Å²) in [5, 5.41) is 9.68. The van der Waals surface area contributed by atoms with Gasteiger partial charge >= 0.3 is 12.3 Å². The van der Waals surface area contributed by atoms with Crippen LogP contribution in [0.5, 0.6) is 0 Å². The lowest BCUT2D eigenvalue weighted by Gasteiger charge is -2.16. The molecule has 0 aliphatic rings. The molecule has 18 heavy (non-hydrogen) atoms. The van der Waals surface area contributed by atoms with E-state index in [2.05, 4.69) is 0 Å². The molecule has 1 aromatic carbocycles. The lowest BCUT2D eigenvalue weighted by Crippen LogP contribution is -2.31. The average Bonchev–Trinajstić information content (AvgIpc) is 2.71. The summed E-state index contributed by atoms with van der Waals surface area (Å²) in [6.07, 6.45) is -2.38. The van der Waals surface area contributed by atoms with Crippen LogP contribution in [0.2, 0.25) is 0 Å². The third kappa shape index (κ3) is 2.20. The molecule has 1 aromatic heterocycles. The van der Waals surface area contributed by atoms with Crippen LogP contribution < -0.4 is 0 Å². The van der Waals surface area contributed by atoms with E-state index < -0.39 is 18.9 Å². The van der Waals surface area contributed by atoms with Gasteiger partial charge in [-0.2, -0.15) is 8.78 Å². The van der Waals surface area contributed by atoms with Crippen LogP contribution in [0.15, 0.2) is 30.5 Å². The van der Waals surface area contributed by atoms with E-state index in [1.165, 1.54) is 12.3 Å². The minimum absolute atomic E-state index is 0.230. The molecule has 0 saturated heterocycles. The number of benzene rings is 1. The van der Waals surface area contributed by atoms with E-state index in [0.29, 0.717) is 16.5 Å². The summed E-state index contributed by atoms with van der Waals surface area (Å²) >= 11 is 0. The molecule has 0 fully saturated rings. The first-order valence-electron chi connectivity index (χ1n) is 5.29. The highest BCUT2D eigenvalue weighted by Gasteiger charge is 2.41. The second kappa shape index (κ2) is 4.61. The third-order valence-electron chi connectivity index (χ3n) is 2.77. The minimum atomic E-state index is -4.07. The molecular formula is C12H11F4NO. The van der Waals surface area contributed by atoms with E-state index in [-0.39, 0.29) is 6.61 Å². The fraction of sp³-hybridized carbons (Fsp3) is 0.333. The molecule has 0 bridgehead atoms. The van der Waals surface area contributed by atoms with Crippen molar-refractivity contribution in [2.24, 2.45) is 0 Å². The monoisotopic (exact) mass is 261 g/mol. The van der Waals surface area contributed by atoms with Gasteiger partial charge in [0, 0.05) is 17.1 Å². The minimum Gasteiger partial charge on any atom is -0.392 e. The Morgan fingerprint density at radius 3 is 2.56 bits per heavy atom. The van der Waals surface area contributed by atoms with Gasteiger partial charge in [-0.3, -0.25) is 0 Å². The Balaban J connectivity index is 2.42. The molecule has 0 aliphatic carbocycles. The number of aliphatic hydroxyl groups is 1. The first kappa shape index (κ1) is 12.9. The summed E-state index contributed by atoms with van der Waals surface area (Å²) in [5.41, 5.74) is 0.980. The van der Waals surface area contributed by atoms with Crippen LogP contribution in [0, 0.1) is 0 Å². The summed E-state index contributed by atoms with van der Waals surface area (Å²) in [5.74, 6) is -4.07. The zero-order valence-electron chi connectivity index (χ0n) is 9.28. The standard InChI is InChI=1S/C12H11F4NO/c13-11(14)12(15,16)7-17-5-4-9-8(6-18)2-1-3-10(9)17/h1-5,11,18H,6-7H2. The molecule has 1 N–H and O–H groups in total. The van der Waals surface area contributed by atoms with E-state index in [1.54, 1.807) is 18.2 Å². The van der Waals surface area contributed by atoms with Crippen molar-refractivity contribution in [2.45, 2.75) is 25.5 Å². The van der Waals surface area contributed by atoms with Crippen LogP contribution in [0.3, 0.4) is 0 Å². The van der Waals surface area contributed by atoms with Crippen molar-refractivity contribution in [3.05, 3.63) is 36.0 Å². The maximum Gasteiger partial charge on any atom is 0.324 e. The fourth-order valence-electron chi connectivity index (χ4n) is 1.86. The predicted molar refractivity (Wildman–Crippen MR) is 58.8 cm³/mol. The number of halogens is 4. The Hall–Kier alpha value is -1.56. The molecule has 2 aromatic rings. The summed E-state index contributed by atoms with van der Waals surface area (Å²) in [6.45, 7) is -1.31. The van der Waals surface area contributed by atoms with E-state index in [0.717, 1.165) is 4.57 Å². The second-order valence-electron chi connectivity index (χ2n) is 4.01. The molecule has 0 atom stereocenters. The summed E-state index contributed by atoms with van der Waals surface area (Å²) in [4.78, 5) is 0. The normalized spacial score (nSPS) is 12.6. The molecule has 0 amide bonds. The highest BCUT2D eigenvalue weighted by Crippen LogP contribution is 2.28. The molecule has 98 valence electrons. The number of hydrogen-bond acceptors (Lipinski definition) is 1. The average molecular weight is 261 g/mol. The maximum absolute atomic E-state index is 13.0. The van der Waals surface area contributed by atoms with Crippen molar-refractivity contribution in [3.8, 4) is 0 Å². The quantitative estimate of drug-likeness (QED) is 0.841. The molecule has 1 heterocycles. The molecule has 0 unspecified atom stereocenters. The van der Waals surface area contributed by atoms with Crippen LogP contribution in [0.4, 0.5) is 17.6 Å². The number of hydrogen-bond donors (Lipinski definition) is 1. The van der Waals surface area contributed by atoms with Crippen LogP contribution in [-0.2, 0) is 13.2 Å². The van der Waals surface area contributed by atoms with Crippen molar-refractivity contribution in [1.29, 1.82) is 0 Å². The van der Waals surface area contributed by atoms with Crippen molar-refractivity contribution < 1.29 is 22.7 Å². The number of rotatable bonds is 4. The Kier molecular flexibility index (Phi) is 3.30. The summed E-state index contributed by atoms with van der Waals surface area (Å²) in [6, 6.07) is 6.32. The van der Waals surface area contributed by atoms with E-state index >= 15 is 0 Å². The lowest BCUT2D eigenvalue weighted by molar-refractivity contribution is -0.137. The molecule has 0 spiro atoms. The van der Waals surface area contributed by atoms with Gasteiger partial charge in [0.2, 0.25) is 0 Å². The number of alkyl halides is 4. The van der Waals surface area contributed by atoms with E-state index in [9.17, 15) is 17.6 Å². The predicted octanol–water partition coefficient (Wildman–Crippen LogP) is 3.03. The van der Waals surface area contributed by atoms with E-state index in [4.69, 9.17) is 5.11 Å². The van der Waals surface area contributed by atoms with Crippen molar-refractivity contribution >= 4 is 10.9 Å². The Morgan fingerprint density at radius 1 is 1.22 bits per heavy atom. The van der Waals surface area contributed by atoms with Crippen molar-refractivity contribution in [3.63, 3.8) is 0 Å². The Labute approximate surface area is 100 Å². The third-order valence-corrected chi connectivity index (χ3v) is 2.77. The van der Waals surface area contributed by atoms with Gasteiger partial charge in [0.1, 0.15) is 0 Å². The largest absolute Gasteiger partial charge is 0.392 e. The molecular weight excluding hydrogens is 250 g/mol. The van der Waals surface area contributed by atoms with Gasteiger partial charge in [0.25, 0.3) is 0 Å². The molecule has 2 nitrogen and oxygen atoms in total. The van der Waals surface area contributed by atoms with Crippen LogP contribution >= 0.6 is 0 Å². The molecule has 2 rings (SSSR count). The Morgan fingerprint density at radius 2 is 1.94 bits per heavy atom. The van der Waals surface area contributed by atoms with Gasteiger partial charge in [-0.25, -0.2) is 8.78 Å². The number of fused-ring (bicyclic) bond motifs is 1. The number of nitrogens with zero attached hydrogens (tertiary/aromatic N) is 1. The first-order valence-corrected chi connectivity index (χ1v) is 5.29. The second-order valence-corrected chi connectivity index (χ2v) is 4.01. The first-order chi connectivity index (χ1) is 8.45. The number of aliphatic hydroxyl groups excluding tert-OH is 1. The topological polar surface area (TPSA) is 25.2 Å². The lowest BCUT2D eigenvalue weighted by atomic mass is 10.1. The molecule has 0 saturated carbocycles. The van der Waals surface area contributed by atoms with E-state index in [1.807, 2.05) is 0 Å². The van der Waals surface area contributed by atoms with Crippen molar-refractivity contribution in [1.82, 2.24) is 4.57 Å². The summed E-state index contributed by atoms with van der Waals surface area (Å²) < 4.78 is 51.4. The maximum atomic E-state index is 13.0. The zero-order valence-corrected chi connectivity index (χ0v) is 9.28. The smallest absolute Gasteiger partial charge is 0.324 e.